The molecule has 0 aliphatic rings. The lowest BCUT2D eigenvalue weighted by Gasteiger charge is -2.10. The van der Waals surface area contributed by atoms with Gasteiger partial charge in [0.15, 0.2) is 0 Å². The predicted molar refractivity (Wildman–Crippen MR) is 79.0 cm³/mol. The molecule has 1 amide bonds. The second-order valence-corrected chi connectivity index (χ2v) is 4.64. The Hall–Kier alpha value is -2.34. The molecule has 1 N–H and O–H groups in total. The van der Waals surface area contributed by atoms with Crippen LogP contribution in [0.25, 0.3) is 0 Å². The number of nitrogens with one attached hydrogen (secondary N) is 1. The summed E-state index contributed by atoms with van der Waals surface area (Å²) in [5.74, 6) is -0.0465. The van der Waals surface area contributed by atoms with E-state index in [-0.39, 0.29) is 11.3 Å². The van der Waals surface area contributed by atoms with Crippen LogP contribution in [0.5, 0.6) is 11.5 Å². The van der Waals surface area contributed by atoms with Gasteiger partial charge < -0.3 is 14.8 Å². The summed E-state index contributed by atoms with van der Waals surface area (Å²) in [7, 11) is 1.44. The molecule has 0 atom stereocenters. The Morgan fingerprint density at radius 2 is 1.86 bits per heavy atom. The summed E-state index contributed by atoms with van der Waals surface area (Å²) in [6, 6.07) is 10.2. The van der Waals surface area contributed by atoms with Crippen molar-refractivity contribution in [2.45, 2.75) is 6.61 Å². The summed E-state index contributed by atoms with van der Waals surface area (Å²) >= 11 is 5.87. The Morgan fingerprint density at radius 3 is 2.45 bits per heavy atom. The zero-order chi connectivity index (χ0) is 16.1. The van der Waals surface area contributed by atoms with E-state index in [1.807, 2.05) is 0 Å². The van der Waals surface area contributed by atoms with Crippen molar-refractivity contribution >= 4 is 23.2 Å². The number of benzene rings is 2. The zero-order valence-electron chi connectivity index (χ0n) is 11.5. The number of halogens is 3. The van der Waals surface area contributed by atoms with Gasteiger partial charge in [0, 0.05) is 10.7 Å². The van der Waals surface area contributed by atoms with Crippen LogP contribution in [0.2, 0.25) is 5.02 Å². The summed E-state index contributed by atoms with van der Waals surface area (Å²) in [5, 5.41) is 3.02. The van der Waals surface area contributed by atoms with E-state index in [1.165, 1.54) is 37.4 Å². The highest BCUT2D eigenvalue weighted by Gasteiger charge is 2.13. The third-order valence-electron chi connectivity index (χ3n) is 2.74. The topological polar surface area (TPSA) is 47.6 Å². The van der Waals surface area contributed by atoms with E-state index in [4.69, 9.17) is 16.3 Å². The number of anilines is 1. The Balaban J connectivity index is 2.13. The van der Waals surface area contributed by atoms with Gasteiger partial charge in [-0.15, -0.1) is 0 Å². The summed E-state index contributed by atoms with van der Waals surface area (Å²) in [6.07, 6.45) is 0. The van der Waals surface area contributed by atoms with Crippen molar-refractivity contribution in [3.63, 3.8) is 0 Å². The maximum absolute atomic E-state index is 12.2. The van der Waals surface area contributed by atoms with Crippen molar-refractivity contribution in [2.75, 3.05) is 12.4 Å². The van der Waals surface area contributed by atoms with E-state index in [1.54, 1.807) is 12.1 Å². The lowest BCUT2D eigenvalue weighted by molar-refractivity contribution is -0.0498. The largest absolute Gasteiger partial charge is 0.496 e. The van der Waals surface area contributed by atoms with Crippen LogP contribution in [0.3, 0.4) is 0 Å². The molecule has 0 radical (unpaired) electrons. The third kappa shape index (κ3) is 4.08. The van der Waals surface area contributed by atoms with Crippen LogP contribution in [0, 0.1) is 0 Å². The monoisotopic (exact) mass is 327 g/mol. The first kappa shape index (κ1) is 16.0. The molecule has 0 aromatic heterocycles. The highest BCUT2D eigenvalue weighted by Crippen LogP contribution is 2.24. The number of methoxy groups -OCH3 is 1. The van der Waals surface area contributed by atoms with E-state index in [2.05, 4.69) is 10.1 Å². The van der Waals surface area contributed by atoms with Crippen molar-refractivity contribution in [2.24, 2.45) is 0 Å². The number of rotatable bonds is 5. The van der Waals surface area contributed by atoms with Gasteiger partial charge in [-0.05, 0) is 42.5 Å². The van der Waals surface area contributed by atoms with Gasteiger partial charge in [-0.2, -0.15) is 8.78 Å². The van der Waals surface area contributed by atoms with Crippen molar-refractivity contribution in [3.05, 3.63) is 53.1 Å². The second kappa shape index (κ2) is 7.09. The maximum atomic E-state index is 12.2. The Bertz CT molecular complexity index is 662. The summed E-state index contributed by atoms with van der Waals surface area (Å²) in [6.45, 7) is -2.89. The number of carbonyl (C=O) groups is 1. The maximum Gasteiger partial charge on any atom is 0.387 e. The second-order valence-electron chi connectivity index (χ2n) is 4.20. The number of alkyl halides is 2. The van der Waals surface area contributed by atoms with E-state index in [0.717, 1.165) is 0 Å². The molecule has 2 aromatic carbocycles. The number of amides is 1. The number of hydrogen-bond acceptors (Lipinski definition) is 3. The molecule has 0 spiro atoms. The minimum Gasteiger partial charge on any atom is -0.496 e. The Morgan fingerprint density at radius 1 is 1.18 bits per heavy atom. The van der Waals surface area contributed by atoms with Gasteiger partial charge in [0.05, 0.1) is 12.7 Å². The number of carbonyl (C=O) groups excluding carboxylic acids is 1. The van der Waals surface area contributed by atoms with Gasteiger partial charge in [0.1, 0.15) is 11.5 Å². The molecule has 0 saturated carbocycles. The highest BCUT2D eigenvalue weighted by molar-refractivity contribution is 6.31. The summed E-state index contributed by atoms with van der Waals surface area (Å²) in [4.78, 5) is 12.2. The predicted octanol–water partition coefficient (Wildman–Crippen LogP) is 4.20. The average molecular weight is 328 g/mol. The fourth-order valence-electron chi connectivity index (χ4n) is 1.78. The molecule has 7 heteroatoms. The van der Waals surface area contributed by atoms with Gasteiger partial charge in [-0.3, -0.25) is 4.79 Å². The zero-order valence-corrected chi connectivity index (χ0v) is 12.2. The van der Waals surface area contributed by atoms with E-state index in [9.17, 15) is 13.6 Å². The highest BCUT2D eigenvalue weighted by atomic mass is 35.5. The van der Waals surface area contributed by atoms with Gasteiger partial charge in [0.2, 0.25) is 0 Å². The minimum atomic E-state index is -2.89. The van der Waals surface area contributed by atoms with Crippen LogP contribution in [-0.2, 0) is 0 Å². The molecule has 0 unspecified atom stereocenters. The molecule has 116 valence electrons. The number of hydrogen-bond donors (Lipinski definition) is 1. The fourth-order valence-corrected chi connectivity index (χ4v) is 1.95. The summed E-state index contributed by atoms with van der Waals surface area (Å²) < 4.78 is 33.4. The quantitative estimate of drug-likeness (QED) is 0.895. The molecule has 4 nitrogen and oxygen atoms in total. The molecule has 0 aliphatic heterocycles. The smallest absolute Gasteiger partial charge is 0.387 e. The van der Waals surface area contributed by atoms with Crippen LogP contribution in [0.15, 0.2) is 42.5 Å². The first-order valence-corrected chi connectivity index (χ1v) is 6.57. The Labute approximate surface area is 130 Å². The molecule has 0 fully saturated rings. The van der Waals surface area contributed by atoms with Crippen LogP contribution in [-0.4, -0.2) is 19.6 Å². The first-order chi connectivity index (χ1) is 10.5. The van der Waals surface area contributed by atoms with Gasteiger partial charge in [-0.1, -0.05) is 11.6 Å². The van der Waals surface area contributed by atoms with Gasteiger partial charge >= 0.3 is 6.61 Å². The molecule has 0 aliphatic carbocycles. The van der Waals surface area contributed by atoms with Crippen molar-refractivity contribution in [3.8, 4) is 11.5 Å². The molecule has 22 heavy (non-hydrogen) atoms. The van der Waals surface area contributed by atoms with E-state index >= 15 is 0 Å². The van der Waals surface area contributed by atoms with Gasteiger partial charge in [0.25, 0.3) is 5.91 Å². The lowest BCUT2D eigenvalue weighted by atomic mass is 10.2. The molecule has 2 rings (SSSR count). The normalized spacial score (nSPS) is 10.4. The van der Waals surface area contributed by atoms with Crippen LogP contribution in [0.4, 0.5) is 14.5 Å². The first-order valence-electron chi connectivity index (χ1n) is 6.19. The van der Waals surface area contributed by atoms with Crippen molar-refractivity contribution in [1.29, 1.82) is 0 Å². The molecule has 2 aromatic rings. The van der Waals surface area contributed by atoms with Crippen LogP contribution in [0.1, 0.15) is 10.4 Å². The van der Waals surface area contributed by atoms with Crippen LogP contribution < -0.4 is 14.8 Å². The van der Waals surface area contributed by atoms with Crippen LogP contribution >= 0.6 is 11.6 Å². The molecular formula is C15H12ClF2NO3. The molecular weight excluding hydrogens is 316 g/mol. The van der Waals surface area contributed by atoms with Crippen molar-refractivity contribution < 1.29 is 23.0 Å². The van der Waals surface area contributed by atoms with Gasteiger partial charge in [-0.25, -0.2) is 0 Å². The standard InChI is InChI=1S/C15H12ClF2NO3/c1-21-13-7-2-9(16)8-12(13)14(20)19-10-3-5-11(6-4-10)22-15(17)18/h2-8,15H,1H3,(H,19,20). The lowest BCUT2D eigenvalue weighted by Crippen LogP contribution is -2.13. The molecule has 0 bridgehead atoms. The Kier molecular flexibility index (Phi) is 5.16. The molecule has 0 saturated heterocycles. The fraction of sp³-hybridized carbons (Fsp3) is 0.133. The van der Waals surface area contributed by atoms with Crippen molar-refractivity contribution in [1.82, 2.24) is 0 Å². The number of ether oxygens (including phenoxy) is 2. The average Bonchev–Trinajstić information content (AvgIpc) is 2.48. The van der Waals surface area contributed by atoms with E-state index < -0.39 is 12.5 Å². The van der Waals surface area contributed by atoms with E-state index in [0.29, 0.717) is 16.5 Å². The third-order valence-corrected chi connectivity index (χ3v) is 2.98. The summed E-state index contributed by atoms with van der Waals surface area (Å²) in [5.41, 5.74) is 0.691. The SMILES string of the molecule is COc1ccc(Cl)cc1C(=O)Nc1ccc(OC(F)F)cc1. The minimum absolute atomic E-state index is 0.00772. The molecule has 0 heterocycles.